The number of hydrogen-bond donors (Lipinski definition) is 5. The lowest BCUT2D eigenvalue weighted by Gasteiger charge is -2.38. The van der Waals surface area contributed by atoms with Gasteiger partial charge in [0.05, 0.1) is 13.2 Å². The highest BCUT2D eigenvalue weighted by Crippen LogP contribution is 2.33. The molecule has 14 nitrogen and oxygen atoms in total. The molecule has 274 valence electrons. The molecule has 0 bridgehead atoms. The molecule has 0 aromatic carbocycles. The molecular weight excluding hydrogens is 620 g/mol. The lowest BCUT2D eigenvalue weighted by molar-refractivity contribution is -0.146. The van der Waals surface area contributed by atoms with Gasteiger partial charge in [-0.25, -0.2) is 4.79 Å². The van der Waals surface area contributed by atoms with E-state index in [1.807, 2.05) is 27.7 Å². The molecule has 1 aliphatic heterocycles. The second-order valence-electron chi connectivity index (χ2n) is 15.2. The molecule has 1 aliphatic rings. The van der Waals surface area contributed by atoms with Crippen LogP contribution in [0.3, 0.4) is 0 Å². The van der Waals surface area contributed by atoms with Crippen LogP contribution in [0.2, 0.25) is 0 Å². The number of alkyl carbamates (subject to hydrolysis) is 1. The Morgan fingerprint density at radius 2 is 1.33 bits per heavy atom. The molecule has 48 heavy (non-hydrogen) atoms. The van der Waals surface area contributed by atoms with Crippen LogP contribution in [0.15, 0.2) is 0 Å². The quantitative estimate of drug-likeness (QED) is 0.172. The first-order valence-electron chi connectivity index (χ1n) is 16.9. The van der Waals surface area contributed by atoms with Crippen molar-refractivity contribution in [1.29, 1.82) is 0 Å². The summed E-state index contributed by atoms with van der Waals surface area (Å²) in [5.74, 6) is -4.15. The minimum absolute atomic E-state index is 0.0829. The van der Waals surface area contributed by atoms with E-state index < -0.39 is 82.5 Å². The van der Waals surface area contributed by atoms with Gasteiger partial charge in [-0.05, 0) is 49.4 Å². The summed E-state index contributed by atoms with van der Waals surface area (Å²) in [6.07, 6.45) is 0.615. The van der Waals surface area contributed by atoms with Crippen molar-refractivity contribution in [2.24, 2.45) is 22.7 Å². The Kier molecular flexibility index (Phi) is 15.5. The highest BCUT2D eigenvalue weighted by atomic mass is 16.5. The number of rotatable bonds is 14. The first kappa shape index (κ1) is 42.3. The smallest absolute Gasteiger partial charge is 0.407 e. The highest BCUT2D eigenvalue weighted by molar-refractivity contribution is 6.38. The summed E-state index contributed by atoms with van der Waals surface area (Å²) in [6, 6.07) is -5.42. The molecule has 5 N–H and O–H groups in total. The van der Waals surface area contributed by atoms with Crippen LogP contribution in [0, 0.1) is 22.7 Å². The van der Waals surface area contributed by atoms with E-state index in [2.05, 4.69) is 31.3 Å². The van der Waals surface area contributed by atoms with Crippen LogP contribution in [0.5, 0.6) is 0 Å². The third-order valence-electron chi connectivity index (χ3n) is 8.92. The van der Waals surface area contributed by atoms with E-state index in [0.717, 1.165) is 0 Å². The Labute approximate surface area is 286 Å². The van der Waals surface area contributed by atoms with Crippen molar-refractivity contribution in [3.05, 3.63) is 0 Å². The molecule has 0 spiro atoms. The fraction of sp³-hybridized carbons (Fsp3) is 0.794. The van der Waals surface area contributed by atoms with Crippen molar-refractivity contribution in [1.82, 2.24) is 31.5 Å². The number of hydrogen-bond acceptors (Lipinski definition) is 8. The number of methoxy groups -OCH3 is 1. The topological polar surface area (TPSA) is 192 Å². The van der Waals surface area contributed by atoms with Gasteiger partial charge in [0, 0.05) is 12.6 Å². The van der Waals surface area contributed by atoms with Gasteiger partial charge in [-0.2, -0.15) is 0 Å². The summed E-state index contributed by atoms with van der Waals surface area (Å²) in [4.78, 5) is 93.8. The predicted octanol–water partition coefficient (Wildman–Crippen LogP) is 2.04. The molecule has 1 rings (SSSR count). The van der Waals surface area contributed by atoms with E-state index in [1.165, 1.54) is 18.9 Å². The first-order valence-corrected chi connectivity index (χ1v) is 16.9. The standard InChI is InChI=1S/C34H60N6O8/c1-14-16-22(24(41)29(44)35-19(4)15-2)37-28(43)23-20(5)18(3)17-40(23)31(46)26(34(10,11)12)39-30(45)25(33(7,8)9)38-27(42)21(6)36-32(47)48-13/h18-23,25-26H,14-17H2,1-13H3,(H,35,44)(H,36,47)(H,37,43)(H,38,42)(H,39,45)/t18-,19-,20-,21+,22-,23-,25+,26+/m0/s1. The highest BCUT2D eigenvalue weighted by Gasteiger charge is 2.49. The third kappa shape index (κ3) is 11.5. The minimum atomic E-state index is -1.10. The molecule has 0 aromatic heterocycles. The Bertz CT molecular complexity index is 1190. The molecule has 14 heteroatoms. The zero-order chi connectivity index (χ0) is 37.3. The van der Waals surface area contributed by atoms with Crippen LogP contribution in [-0.2, 0) is 33.5 Å². The second kappa shape index (κ2) is 17.6. The largest absolute Gasteiger partial charge is 0.453 e. The summed E-state index contributed by atoms with van der Waals surface area (Å²) in [7, 11) is 1.17. The molecule has 0 radical (unpaired) electrons. The molecule has 1 saturated heterocycles. The van der Waals surface area contributed by atoms with E-state index in [9.17, 15) is 33.6 Å². The summed E-state index contributed by atoms with van der Waals surface area (Å²) in [5.41, 5.74) is -1.61. The van der Waals surface area contributed by atoms with E-state index in [0.29, 0.717) is 12.8 Å². The third-order valence-corrected chi connectivity index (χ3v) is 8.92. The van der Waals surface area contributed by atoms with E-state index >= 15 is 0 Å². The van der Waals surface area contributed by atoms with Gasteiger partial charge >= 0.3 is 6.09 Å². The van der Waals surface area contributed by atoms with Gasteiger partial charge in [0.2, 0.25) is 29.4 Å². The molecule has 0 saturated carbocycles. The fourth-order valence-electron chi connectivity index (χ4n) is 5.45. The van der Waals surface area contributed by atoms with Crippen LogP contribution in [-0.4, -0.2) is 96.2 Å². The number of nitrogens with zero attached hydrogens (tertiary/aromatic N) is 1. The monoisotopic (exact) mass is 680 g/mol. The van der Waals surface area contributed by atoms with Crippen LogP contribution >= 0.6 is 0 Å². The van der Waals surface area contributed by atoms with E-state index in [-0.39, 0.29) is 30.8 Å². The van der Waals surface area contributed by atoms with E-state index in [4.69, 9.17) is 0 Å². The van der Waals surface area contributed by atoms with Crippen molar-refractivity contribution in [2.75, 3.05) is 13.7 Å². The Hall–Kier alpha value is -3.71. The summed E-state index contributed by atoms with van der Waals surface area (Å²) < 4.78 is 4.56. The maximum Gasteiger partial charge on any atom is 0.407 e. The first-order chi connectivity index (χ1) is 22.0. The second-order valence-corrected chi connectivity index (χ2v) is 15.2. The van der Waals surface area contributed by atoms with Crippen molar-refractivity contribution in [3.63, 3.8) is 0 Å². The molecule has 0 aliphatic carbocycles. The Morgan fingerprint density at radius 3 is 1.81 bits per heavy atom. The predicted molar refractivity (Wildman–Crippen MR) is 181 cm³/mol. The average Bonchev–Trinajstić information content (AvgIpc) is 3.29. The maximum atomic E-state index is 14.4. The maximum absolute atomic E-state index is 14.4. The lowest BCUT2D eigenvalue weighted by atomic mass is 9.82. The lowest BCUT2D eigenvalue weighted by Crippen LogP contribution is -2.63. The average molecular weight is 681 g/mol. The number of ketones is 1. The normalized spacial score (nSPS) is 21.1. The summed E-state index contributed by atoms with van der Waals surface area (Å²) in [6.45, 7) is 21.6. The van der Waals surface area contributed by atoms with E-state index in [1.54, 1.807) is 48.5 Å². The number of Topliss-reactive ketones (excluding diaryl/α,β-unsaturated/α-hetero) is 1. The number of carbonyl (C=O) groups is 7. The van der Waals surface area contributed by atoms with Gasteiger partial charge in [-0.3, -0.25) is 28.8 Å². The summed E-state index contributed by atoms with van der Waals surface area (Å²) in [5, 5.41) is 13.3. The molecule has 1 heterocycles. The van der Waals surface area contributed by atoms with Gasteiger partial charge in [0.25, 0.3) is 5.91 Å². The van der Waals surface area contributed by atoms with Crippen molar-refractivity contribution in [3.8, 4) is 0 Å². The van der Waals surface area contributed by atoms with Crippen molar-refractivity contribution < 1.29 is 38.3 Å². The molecular formula is C34H60N6O8. The van der Waals surface area contributed by atoms with Crippen molar-refractivity contribution in [2.45, 2.75) is 139 Å². The Morgan fingerprint density at radius 1 is 0.792 bits per heavy atom. The van der Waals surface area contributed by atoms with Crippen LogP contribution in [0.4, 0.5) is 4.79 Å². The van der Waals surface area contributed by atoms with Crippen molar-refractivity contribution >= 4 is 41.4 Å². The number of ether oxygens (including phenoxy) is 1. The fourth-order valence-corrected chi connectivity index (χ4v) is 5.45. The number of carbonyl (C=O) groups excluding carboxylic acids is 7. The van der Waals surface area contributed by atoms with Gasteiger partial charge in [-0.15, -0.1) is 0 Å². The number of nitrogens with one attached hydrogen (secondary N) is 5. The van der Waals surface area contributed by atoms with Crippen LogP contribution in [0.25, 0.3) is 0 Å². The van der Waals surface area contributed by atoms with Crippen LogP contribution < -0.4 is 26.6 Å². The SMILES string of the molecule is CCC[C@H](NC(=O)[C@@H]1[C@@H](C)[C@@H](C)CN1C(=O)[C@@H](NC(=O)[C@@H](NC(=O)[C@@H](C)NC(=O)OC)C(C)(C)C)C(C)(C)C)C(=O)C(=O)N[C@@H](C)CC. The van der Waals surface area contributed by atoms with Gasteiger partial charge < -0.3 is 36.2 Å². The summed E-state index contributed by atoms with van der Waals surface area (Å²) >= 11 is 0. The molecule has 0 aromatic rings. The minimum Gasteiger partial charge on any atom is -0.453 e. The Balaban J connectivity index is 3.35. The van der Waals surface area contributed by atoms with Gasteiger partial charge in [0.15, 0.2) is 0 Å². The molecule has 0 unspecified atom stereocenters. The van der Waals surface area contributed by atoms with Gasteiger partial charge in [-0.1, -0.05) is 75.7 Å². The zero-order valence-corrected chi connectivity index (χ0v) is 31.2. The number of amides is 6. The number of likely N-dealkylation sites (tertiary alicyclic amines) is 1. The molecule has 6 amide bonds. The van der Waals surface area contributed by atoms with Crippen LogP contribution in [0.1, 0.15) is 102 Å². The van der Waals surface area contributed by atoms with Gasteiger partial charge in [0.1, 0.15) is 24.2 Å². The zero-order valence-electron chi connectivity index (χ0n) is 31.2. The molecule has 1 fully saturated rings. The molecule has 8 atom stereocenters.